The Bertz CT molecular complexity index is 1060. The minimum absolute atomic E-state index is 0.0420. The number of amides is 1. The lowest BCUT2D eigenvalue weighted by molar-refractivity contribution is -0.116. The molecule has 0 bridgehead atoms. The smallest absolute Gasteiger partial charge is 0.223 e. The Hall–Kier alpha value is -3.60. The number of rotatable bonds is 5. The van der Waals surface area contributed by atoms with Crippen LogP contribution in [0.1, 0.15) is 25.5 Å². The van der Waals surface area contributed by atoms with E-state index in [0.29, 0.717) is 23.2 Å². The first kappa shape index (κ1) is 16.8. The van der Waals surface area contributed by atoms with Gasteiger partial charge in [0, 0.05) is 37.5 Å². The van der Waals surface area contributed by atoms with Crippen molar-refractivity contribution in [1.29, 1.82) is 5.26 Å². The molecule has 8 heteroatoms. The highest BCUT2D eigenvalue weighted by Gasteiger charge is 2.23. The number of imidazole rings is 1. The highest BCUT2D eigenvalue weighted by Crippen LogP contribution is 2.29. The normalized spacial score (nSPS) is 13.2. The zero-order valence-corrected chi connectivity index (χ0v) is 15.1. The lowest BCUT2D eigenvalue weighted by atomic mass is 10.2. The van der Waals surface area contributed by atoms with Gasteiger partial charge in [-0.25, -0.2) is 4.98 Å². The van der Waals surface area contributed by atoms with Gasteiger partial charge >= 0.3 is 0 Å². The van der Waals surface area contributed by atoms with Crippen LogP contribution in [0.5, 0.6) is 0 Å². The van der Waals surface area contributed by atoms with Crippen molar-refractivity contribution in [2.75, 3.05) is 22.6 Å². The molecule has 0 spiro atoms. The second kappa shape index (κ2) is 6.61. The molecule has 1 amide bonds. The molecule has 8 nitrogen and oxygen atoms in total. The predicted octanol–water partition coefficient (Wildman–Crippen LogP) is 2.90. The molecule has 3 aromatic rings. The zero-order valence-electron chi connectivity index (χ0n) is 15.1. The molecule has 136 valence electrons. The van der Waals surface area contributed by atoms with Crippen LogP contribution in [0.2, 0.25) is 0 Å². The second-order valence-corrected chi connectivity index (χ2v) is 6.61. The number of nitriles is 1. The van der Waals surface area contributed by atoms with Crippen LogP contribution in [-0.4, -0.2) is 33.6 Å². The van der Waals surface area contributed by atoms with E-state index in [-0.39, 0.29) is 5.91 Å². The quantitative estimate of drug-likeness (QED) is 0.725. The Labute approximate surface area is 156 Å². The second-order valence-electron chi connectivity index (χ2n) is 6.61. The maximum atomic E-state index is 11.6. The summed E-state index contributed by atoms with van der Waals surface area (Å²) in [5.41, 5.74) is 3.42. The molecule has 0 atom stereocenters. The van der Waals surface area contributed by atoms with Gasteiger partial charge < -0.3 is 15.5 Å². The predicted molar refractivity (Wildman–Crippen MR) is 103 cm³/mol. The molecule has 2 N–H and O–H groups in total. The van der Waals surface area contributed by atoms with Gasteiger partial charge in [-0.1, -0.05) is 6.07 Å². The van der Waals surface area contributed by atoms with Gasteiger partial charge in [0.15, 0.2) is 17.2 Å². The molecule has 1 fully saturated rings. The van der Waals surface area contributed by atoms with Crippen molar-refractivity contribution < 1.29 is 4.79 Å². The van der Waals surface area contributed by atoms with Crippen LogP contribution in [0, 0.1) is 11.3 Å². The largest absolute Gasteiger partial charge is 0.379 e. The highest BCUT2D eigenvalue weighted by molar-refractivity contribution is 5.91. The van der Waals surface area contributed by atoms with Gasteiger partial charge in [-0.05, 0) is 31.0 Å². The summed E-state index contributed by atoms with van der Waals surface area (Å²) in [7, 11) is 1.73. The van der Waals surface area contributed by atoms with E-state index in [1.165, 1.54) is 13.1 Å². The number of aromatic nitrogens is 3. The molecule has 4 rings (SSSR count). The highest BCUT2D eigenvalue weighted by atomic mass is 16.2. The Kier molecular flexibility index (Phi) is 4.12. The fourth-order valence-corrected chi connectivity index (χ4v) is 2.78. The van der Waals surface area contributed by atoms with Crippen LogP contribution >= 0.6 is 0 Å². The molecule has 0 unspecified atom stereocenters. The zero-order chi connectivity index (χ0) is 19.0. The fraction of sp³-hybridized carbons (Fsp3) is 0.263. The Morgan fingerprint density at radius 3 is 2.89 bits per heavy atom. The van der Waals surface area contributed by atoms with Crippen molar-refractivity contribution in [2.45, 2.75) is 25.8 Å². The number of carbonyl (C=O) groups is 1. The molecular formula is C19H19N7O. The average molecular weight is 361 g/mol. The van der Waals surface area contributed by atoms with E-state index in [2.05, 4.69) is 26.8 Å². The number of nitrogens with zero attached hydrogens (tertiary/aromatic N) is 5. The van der Waals surface area contributed by atoms with Crippen molar-refractivity contribution in [3.8, 4) is 6.07 Å². The van der Waals surface area contributed by atoms with Crippen molar-refractivity contribution in [1.82, 2.24) is 14.6 Å². The third kappa shape index (κ3) is 3.40. The van der Waals surface area contributed by atoms with Gasteiger partial charge in [-0.2, -0.15) is 9.78 Å². The van der Waals surface area contributed by atoms with E-state index < -0.39 is 0 Å². The number of hydrogen-bond acceptors (Lipinski definition) is 6. The van der Waals surface area contributed by atoms with Gasteiger partial charge in [0.1, 0.15) is 6.07 Å². The fourth-order valence-electron chi connectivity index (χ4n) is 2.78. The molecule has 0 saturated heterocycles. The molecule has 1 aromatic carbocycles. The Morgan fingerprint density at radius 1 is 1.37 bits per heavy atom. The lowest BCUT2D eigenvalue weighted by Gasteiger charge is -2.16. The molecule has 1 saturated carbocycles. The van der Waals surface area contributed by atoms with Crippen LogP contribution in [0.25, 0.3) is 5.65 Å². The first-order valence-corrected chi connectivity index (χ1v) is 8.72. The molecule has 2 aromatic heterocycles. The van der Waals surface area contributed by atoms with Crippen molar-refractivity contribution in [2.24, 2.45) is 0 Å². The van der Waals surface area contributed by atoms with Crippen molar-refractivity contribution >= 4 is 34.4 Å². The maximum Gasteiger partial charge on any atom is 0.223 e. The van der Waals surface area contributed by atoms with Gasteiger partial charge in [0.2, 0.25) is 5.91 Å². The van der Waals surface area contributed by atoms with E-state index in [4.69, 9.17) is 0 Å². The summed E-state index contributed by atoms with van der Waals surface area (Å²) >= 11 is 0. The minimum Gasteiger partial charge on any atom is -0.379 e. The molecule has 1 aliphatic rings. The molecule has 0 aliphatic heterocycles. The van der Waals surface area contributed by atoms with Crippen LogP contribution in [-0.2, 0) is 4.79 Å². The monoisotopic (exact) mass is 361 g/mol. The average Bonchev–Trinajstić information content (AvgIpc) is 3.37. The van der Waals surface area contributed by atoms with E-state index in [1.54, 1.807) is 16.5 Å². The number of fused-ring (bicyclic) bond motifs is 1. The summed E-state index contributed by atoms with van der Waals surface area (Å²) in [6.45, 7) is 1.52. The molecular weight excluding hydrogens is 342 g/mol. The third-order valence-electron chi connectivity index (χ3n) is 4.50. The maximum absolute atomic E-state index is 11.6. The van der Waals surface area contributed by atoms with E-state index in [9.17, 15) is 10.1 Å². The molecule has 2 heterocycles. The van der Waals surface area contributed by atoms with Crippen LogP contribution in [0.3, 0.4) is 0 Å². The standard InChI is InChI=1S/C19H19N7O/c1-12(27)25(2)15-5-3-4-14(8-15)23-18-9-17(22-13-6-7-13)19-21-11-16(10-20)26(19)24-18/h3-5,8-9,11,13,22H,6-7H2,1-2H3,(H,23,24). The first-order valence-electron chi connectivity index (χ1n) is 8.72. The van der Waals surface area contributed by atoms with Gasteiger partial charge in [0.25, 0.3) is 0 Å². The first-order chi connectivity index (χ1) is 13.0. The summed E-state index contributed by atoms with van der Waals surface area (Å²) in [4.78, 5) is 17.5. The molecule has 27 heavy (non-hydrogen) atoms. The summed E-state index contributed by atoms with van der Waals surface area (Å²) in [5, 5.41) is 20.5. The topological polar surface area (TPSA) is 98.4 Å². The molecule has 1 aliphatic carbocycles. The summed E-state index contributed by atoms with van der Waals surface area (Å²) in [6, 6.07) is 12.0. The van der Waals surface area contributed by atoms with Crippen LogP contribution in [0.15, 0.2) is 36.5 Å². The van der Waals surface area contributed by atoms with E-state index in [0.717, 1.165) is 29.9 Å². The number of carbonyl (C=O) groups excluding carboxylic acids is 1. The Morgan fingerprint density at radius 2 is 2.19 bits per heavy atom. The van der Waals surface area contributed by atoms with Gasteiger partial charge in [-0.3, -0.25) is 4.79 Å². The summed E-state index contributed by atoms with van der Waals surface area (Å²) in [6.07, 6.45) is 3.78. The van der Waals surface area contributed by atoms with Crippen molar-refractivity contribution in [3.63, 3.8) is 0 Å². The number of nitrogens with one attached hydrogen (secondary N) is 2. The number of hydrogen-bond donors (Lipinski definition) is 2. The Balaban J connectivity index is 1.70. The van der Waals surface area contributed by atoms with E-state index >= 15 is 0 Å². The SMILES string of the molecule is CC(=O)N(C)c1cccc(Nc2cc(NC3CC3)c3ncc(C#N)n3n2)c1. The van der Waals surface area contributed by atoms with Crippen LogP contribution < -0.4 is 15.5 Å². The lowest BCUT2D eigenvalue weighted by Crippen LogP contribution is -2.22. The minimum atomic E-state index is -0.0420. The van der Waals surface area contributed by atoms with Gasteiger partial charge in [0.05, 0.1) is 11.9 Å². The van der Waals surface area contributed by atoms with E-state index in [1.807, 2.05) is 30.3 Å². The van der Waals surface area contributed by atoms with Crippen LogP contribution in [0.4, 0.5) is 22.9 Å². The van der Waals surface area contributed by atoms with Crippen molar-refractivity contribution in [3.05, 3.63) is 42.2 Å². The number of benzene rings is 1. The number of anilines is 4. The summed E-state index contributed by atoms with van der Waals surface area (Å²) < 4.78 is 1.54. The third-order valence-corrected chi connectivity index (χ3v) is 4.50. The van der Waals surface area contributed by atoms with Gasteiger partial charge in [-0.15, -0.1) is 5.10 Å². The summed E-state index contributed by atoms with van der Waals surface area (Å²) in [5.74, 6) is 0.544. The molecule has 0 radical (unpaired) electrons.